The molecular weight excluding hydrogens is 215 g/mol. The Morgan fingerprint density at radius 1 is 0.941 bits per heavy atom. The molecule has 2 rings (SSSR count). The van der Waals surface area contributed by atoms with Crippen molar-refractivity contribution in [2.24, 2.45) is 0 Å². The lowest BCUT2D eigenvalue weighted by atomic mass is 9.79. The second kappa shape index (κ2) is 5.04. The van der Waals surface area contributed by atoms with Crippen molar-refractivity contribution in [1.29, 1.82) is 0 Å². The summed E-state index contributed by atoms with van der Waals surface area (Å²) in [5, 5.41) is 18.4. The van der Waals surface area contributed by atoms with Crippen LogP contribution in [-0.4, -0.2) is 24.3 Å². The van der Waals surface area contributed by atoms with Crippen LogP contribution in [0.25, 0.3) is 11.1 Å². The Balaban J connectivity index is 2.50. The molecule has 0 atom stereocenters. The summed E-state index contributed by atoms with van der Waals surface area (Å²) in [6.45, 7) is 0. The Hall–Kier alpha value is -1.78. The van der Waals surface area contributed by atoms with Crippen LogP contribution in [0.5, 0.6) is 5.75 Å². The van der Waals surface area contributed by atoms with Gasteiger partial charge in [-0.1, -0.05) is 36.4 Å². The molecule has 0 aliphatic rings. The van der Waals surface area contributed by atoms with Gasteiger partial charge in [-0.25, -0.2) is 0 Å². The van der Waals surface area contributed by atoms with E-state index in [1.54, 1.807) is 19.2 Å². The van der Waals surface area contributed by atoms with Crippen LogP contribution in [0.1, 0.15) is 0 Å². The highest BCUT2D eigenvalue weighted by molar-refractivity contribution is 6.58. The molecule has 0 spiro atoms. The number of hydrogen-bond acceptors (Lipinski definition) is 3. The Bertz CT molecular complexity index is 497. The third-order valence-electron chi connectivity index (χ3n) is 2.57. The average molecular weight is 228 g/mol. The minimum atomic E-state index is -1.49. The largest absolute Gasteiger partial charge is 0.497 e. The molecule has 0 aromatic heterocycles. The highest BCUT2D eigenvalue weighted by Crippen LogP contribution is 2.22. The molecule has 0 radical (unpaired) electrons. The van der Waals surface area contributed by atoms with Crippen LogP contribution in [0.3, 0.4) is 0 Å². The molecule has 0 aliphatic carbocycles. The van der Waals surface area contributed by atoms with Crippen LogP contribution < -0.4 is 10.2 Å². The first-order valence-electron chi connectivity index (χ1n) is 5.31. The van der Waals surface area contributed by atoms with Crippen LogP contribution in [0.2, 0.25) is 0 Å². The van der Waals surface area contributed by atoms with Crippen molar-refractivity contribution >= 4 is 12.6 Å². The first-order chi connectivity index (χ1) is 8.20. The fourth-order valence-electron chi connectivity index (χ4n) is 1.69. The topological polar surface area (TPSA) is 49.7 Å². The number of rotatable bonds is 3. The predicted molar refractivity (Wildman–Crippen MR) is 68.3 cm³/mol. The molecule has 2 N–H and O–H groups in total. The lowest BCUT2D eigenvalue weighted by molar-refractivity contribution is 0.412. The zero-order valence-electron chi connectivity index (χ0n) is 9.50. The number of benzene rings is 2. The van der Waals surface area contributed by atoms with E-state index in [1.807, 2.05) is 36.4 Å². The summed E-state index contributed by atoms with van der Waals surface area (Å²) in [7, 11) is 0.0602. The van der Waals surface area contributed by atoms with Gasteiger partial charge in [-0.15, -0.1) is 0 Å². The molecule has 0 amide bonds. The van der Waals surface area contributed by atoms with E-state index in [1.165, 1.54) is 0 Å². The minimum Gasteiger partial charge on any atom is -0.497 e. The number of methoxy groups -OCH3 is 1. The van der Waals surface area contributed by atoms with Crippen molar-refractivity contribution in [2.45, 2.75) is 0 Å². The van der Waals surface area contributed by atoms with Gasteiger partial charge in [0.25, 0.3) is 0 Å². The Kier molecular flexibility index (Phi) is 3.47. The first-order valence-corrected chi connectivity index (χ1v) is 5.31. The minimum absolute atomic E-state index is 0.420. The van der Waals surface area contributed by atoms with Crippen molar-refractivity contribution in [3.05, 3.63) is 48.5 Å². The molecule has 0 saturated heterocycles. The van der Waals surface area contributed by atoms with Crippen molar-refractivity contribution in [3.8, 4) is 16.9 Å². The van der Waals surface area contributed by atoms with Crippen molar-refractivity contribution in [3.63, 3.8) is 0 Å². The van der Waals surface area contributed by atoms with Gasteiger partial charge in [0.1, 0.15) is 5.75 Å². The van der Waals surface area contributed by atoms with E-state index < -0.39 is 7.12 Å². The molecule has 2 aromatic carbocycles. The molecular formula is C13H13BO3. The Morgan fingerprint density at radius 3 is 2.24 bits per heavy atom. The summed E-state index contributed by atoms with van der Waals surface area (Å²) in [6.07, 6.45) is 0. The highest BCUT2D eigenvalue weighted by Gasteiger charge is 2.13. The molecule has 4 heteroatoms. The van der Waals surface area contributed by atoms with E-state index >= 15 is 0 Å². The van der Waals surface area contributed by atoms with Crippen LogP contribution in [0, 0.1) is 0 Å². The quantitative estimate of drug-likeness (QED) is 0.771. The summed E-state index contributed by atoms with van der Waals surface area (Å²) < 4.78 is 5.14. The second-order valence-electron chi connectivity index (χ2n) is 3.73. The number of hydrogen-bond donors (Lipinski definition) is 2. The van der Waals surface area contributed by atoms with Crippen molar-refractivity contribution < 1.29 is 14.8 Å². The first kappa shape index (κ1) is 11.7. The average Bonchev–Trinajstić information content (AvgIpc) is 2.39. The Morgan fingerprint density at radius 2 is 1.65 bits per heavy atom. The molecule has 86 valence electrons. The summed E-state index contributed by atoms with van der Waals surface area (Å²) in [4.78, 5) is 0. The lowest BCUT2D eigenvalue weighted by Crippen LogP contribution is -2.29. The van der Waals surface area contributed by atoms with E-state index in [4.69, 9.17) is 4.74 Å². The van der Waals surface area contributed by atoms with Crippen LogP contribution in [0.15, 0.2) is 48.5 Å². The third kappa shape index (κ3) is 2.67. The van der Waals surface area contributed by atoms with Crippen LogP contribution in [0.4, 0.5) is 0 Å². The summed E-state index contributed by atoms with van der Waals surface area (Å²) in [5.74, 6) is 0.606. The van der Waals surface area contributed by atoms with Crippen LogP contribution in [-0.2, 0) is 0 Å². The van der Waals surface area contributed by atoms with Gasteiger partial charge in [-0.3, -0.25) is 0 Å². The van der Waals surface area contributed by atoms with E-state index in [0.717, 1.165) is 11.1 Å². The molecule has 17 heavy (non-hydrogen) atoms. The monoisotopic (exact) mass is 228 g/mol. The molecule has 2 aromatic rings. The fourth-order valence-corrected chi connectivity index (χ4v) is 1.69. The van der Waals surface area contributed by atoms with Gasteiger partial charge in [-0.2, -0.15) is 0 Å². The SMILES string of the molecule is COc1cc(B(O)O)cc(-c2ccccc2)c1. The van der Waals surface area contributed by atoms with Gasteiger partial charge < -0.3 is 14.8 Å². The maximum absolute atomic E-state index is 9.22. The number of ether oxygens (including phenoxy) is 1. The summed E-state index contributed by atoms with van der Waals surface area (Å²) in [6, 6.07) is 14.9. The van der Waals surface area contributed by atoms with Gasteiger partial charge in [0, 0.05) is 0 Å². The van der Waals surface area contributed by atoms with Gasteiger partial charge in [0.05, 0.1) is 7.11 Å². The predicted octanol–water partition coefficient (Wildman–Crippen LogP) is 1.04. The van der Waals surface area contributed by atoms with Gasteiger partial charge in [0.15, 0.2) is 0 Å². The van der Waals surface area contributed by atoms with Gasteiger partial charge in [0.2, 0.25) is 0 Å². The second-order valence-corrected chi connectivity index (χ2v) is 3.73. The zero-order chi connectivity index (χ0) is 12.3. The molecule has 0 fully saturated rings. The fraction of sp³-hybridized carbons (Fsp3) is 0.0769. The Labute approximate surface area is 100 Å². The van der Waals surface area contributed by atoms with Gasteiger partial charge >= 0.3 is 7.12 Å². The van der Waals surface area contributed by atoms with Gasteiger partial charge in [-0.05, 0) is 28.7 Å². The standard InChI is InChI=1S/C13H13BO3/c1-17-13-8-11(7-12(9-13)14(15)16)10-5-3-2-4-6-10/h2-9,15-16H,1H3. The zero-order valence-corrected chi connectivity index (χ0v) is 9.50. The molecule has 3 nitrogen and oxygen atoms in total. The van der Waals surface area contributed by atoms with E-state index in [-0.39, 0.29) is 0 Å². The van der Waals surface area contributed by atoms with E-state index in [0.29, 0.717) is 11.2 Å². The molecule has 0 aliphatic heterocycles. The normalized spacial score (nSPS) is 10.1. The molecule has 0 bridgehead atoms. The summed E-state index contributed by atoms with van der Waals surface area (Å²) in [5.41, 5.74) is 2.32. The lowest BCUT2D eigenvalue weighted by Gasteiger charge is -2.08. The van der Waals surface area contributed by atoms with E-state index in [9.17, 15) is 10.0 Å². The molecule has 0 heterocycles. The van der Waals surface area contributed by atoms with Crippen LogP contribution >= 0.6 is 0 Å². The smallest absolute Gasteiger partial charge is 0.488 e. The highest BCUT2D eigenvalue weighted by atomic mass is 16.5. The maximum Gasteiger partial charge on any atom is 0.488 e. The van der Waals surface area contributed by atoms with Crippen molar-refractivity contribution in [1.82, 2.24) is 0 Å². The van der Waals surface area contributed by atoms with E-state index in [2.05, 4.69) is 0 Å². The molecule has 0 unspecified atom stereocenters. The maximum atomic E-state index is 9.22. The van der Waals surface area contributed by atoms with Crippen molar-refractivity contribution in [2.75, 3.05) is 7.11 Å². The molecule has 0 saturated carbocycles. The summed E-state index contributed by atoms with van der Waals surface area (Å²) >= 11 is 0. The third-order valence-corrected chi connectivity index (χ3v) is 2.57.